The predicted octanol–water partition coefficient (Wildman–Crippen LogP) is 10.4. The lowest BCUT2D eigenvalue weighted by Crippen LogP contribution is -1.95. The lowest BCUT2D eigenvalue weighted by molar-refractivity contribution is 0.667. The summed E-state index contributed by atoms with van der Waals surface area (Å²) in [5.41, 5.74) is 9.01. The molecule has 0 aliphatic rings. The quantitative estimate of drug-likeness (QED) is 0.224. The van der Waals surface area contributed by atoms with Crippen molar-refractivity contribution in [3.05, 3.63) is 133 Å². The molecule has 0 N–H and O–H groups in total. The van der Waals surface area contributed by atoms with E-state index in [2.05, 4.69) is 84.9 Å². The van der Waals surface area contributed by atoms with Gasteiger partial charge in [-0.05, 0) is 40.8 Å². The lowest BCUT2D eigenvalue weighted by Gasteiger charge is -2.10. The van der Waals surface area contributed by atoms with Gasteiger partial charge in [0, 0.05) is 32.7 Å². The monoisotopic (exact) mass is 538 g/mol. The van der Waals surface area contributed by atoms with Crippen molar-refractivity contribution in [3.8, 4) is 33.8 Å². The molecule has 0 atom stereocenters. The van der Waals surface area contributed by atoms with Crippen molar-refractivity contribution in [1.82, 2.24) is 9.97 Å². The third kappa shape index (κ3) is 3.36. The molecule has 9 aromatic rings. The summed E-state index contributed by atoms with van der Waals surface area (Å²) in [6, 6.07) is 45.5. The highest BCUT2D eigenvalue weighted by Gasteiger charge is 2.22. The Kier molecular flexibility index (Phi) is 4.87. The molecule has 0 radical (unpaired) electrons. The van der Waals surface area contributed by atoms with Gasteiger partial charge in [-0.3, -0.25) is 0 Å². The number of hydrogen-bond donors (Lipinski definition) is 0. The highest BCUT2D eigenvalue weighted by atomic mass is 16.3. The van der Waals surface area contributed by atoms with Crippen LogP contribution >= 0.6 is 0 Å². The van der Waals surface area contributed by atoms with Crippen LogP contribution in [0.3, 0.4) is 0 Å². The minimum Gasteiger partial charge on any atom is -0.455 e. The first kappa shape index (κ1) is 23.0. The summed E-state index contributed by atoms with van der Waals surface area (Å²) in [6.07, 6.45) is 0. The van der Waals surface area contributed by atoms with Crippen LogP contribution in [0, 0.1) is 0 Å². The second-order valence-corrected chi connectivity index (χ2v) is 10.5. The largest absolute Gasteiger partial charge is 0.455 e. The molecule has 9 rings (SSSR count). The van der Waals surface area contributed by atoms with E-state index in [4.69, 9.17) is 18.8 Å². The van der Waals surface area contributed by atoms with E-state index in [-0.39, 0.29) is 0 Å². The standard InChI is InChI=1S/C38H22N2O2/c1-3-12-23(13-4-1)25-19-11-21-32-33(25)30-22-29(26-16-7-8-17-27(26)36(30)42-32)38-39-34(24-14-5-2-6-15-24)37-35(40-38)28-18-9-10-20-31(28)41-37/h1-22H. The summed E-state index contributed by atoms with van der Waals surface area (Å²) >= 11 is 0. The summed E-state index contributed by atoms with van der Waals surface area (Å²) in [4.78, 5) is 10.4. The van der Waals surface area contributed by atoms with Crippen LogP contribution in [-0.4, -0.2) is 9.97 Å². The molecule has 0 aliphatic carbocycles. The minimum atomic E-state index is 0.651. The summed E-state index contributed by atoms with van der Waals surface area (Å²) in [5.74, 6) is 0.651. The third-order valence-corrected chi connectivity index (χ3v) is 8.10. The van der Waals surface area contributed by atoms with E-state index >= 15 is 0 Å². The van der Waals surface area contributed by atoms with Crippen LogP contribution in [0.4, 0.5) is 0 Å². The molecule has 42 heavy (non-hydrogen) atoms. The van der Waals surface area contributed by atoms with E-state index < -0.39 is 0 Å². The van der Waals surface area contributed by atoms with E-state index in [9.17, 15) is 0 Å². The molecule has 0 fully saturated rings. The van der Waals surface area contributed by atoms with Crippen LogP contribution in [0.15, 0.2) is 142 Å². The number of benzene rings is 6. The summed E-state index contributed by atoms with van der Waals surface area (Å²) in [5, 5.41) is 5.17. The van der Waals surface area contributed by atoms with Gasteiger partial charge in [-0.15, -0.1) is 0 Å². The molecule has 0 spiro atoms. The summed E-state index contributed by atoms with van der Waals surface area (Å²) in [6.45, 7) is 0. The third-order valence-electron chi connectivity index (χ3n) is 8.10. The van der Waals surface area contributed by atoms with Crippen LogP contribution in [-0.2, 0) is 0 Å². The second kappa shape index (κ2) is 8.88. The Balaban J connectivity index is 1.42. The zero-order valence-electron chi connectivity index (χ0n) is 22.4. The van der Waals surface area contributed by atoms with Gasteiger partial charge < -0.3 is 8.83 Å². The maximum absolute atomic E-state index is 6.57. The number of para-hydroxylation sites is 1. The summed E-state index contributed by atoms with van der Waals surface area (Å²) < 4.78 is 12.9. The first-order valence-corrected chi connectivity index (χ1v) is 14.0. The first-order valence-electron chi connectivity index (χ1n) is 14.0. The number of rotatable bonds is 3. The van der Waals surface area contributed by atoms with Crippen LogP contribution in [0.1, 0.15) is 0 Å². The van der Waals surface area contributed by atoms with Crippen LogP contribution in [0.2, 0.25) is 0 Å². The van der Waals surface area contributed by atoms with Crippen molar-refractivity contribution < 1.29 is 8.83 Å². The molecule has 0 saturated carbocycles. The highest BCUT2D eigenvalue weighted by Crippen LogP contribution is 2.43. The smallest absolute Gasteiger partial charge is 0.180 e. The number of furan rings is 2. The van der Waals surface area contributed by atoms with Gasteiger partial charge in [0.05, 0.1) is 0 Å². The molecule has 0 unspecified atom stereocenters. The average molecular weight is 539 g/mol. The molecule has 0 aliphatic heterocycles. The Morgan fingerprint density at radius 3 is 1.88 bits per heavy atom. The summed E-state index contributed by atoms with van der Waals surface area (Å²) in [7, 11) is 0. The van der Waals surface area contributed by atoms with Crippen molar-refractivity contribution in [2.75, 3.05) is 0 Å². The Bertz CT molecular complexity index is 2460. The molecular weight excluding hydrogens is 516 g/mol. The van der Waals surface area contributed by atoms with E-state index in [1.54, 1.807) is 0 Å². The number of aromatic nitrogens is 2. The molecule has 196 valence electrons. The second-order valence-electron chi connectivity index (χ2n) is 10.5. The SMILES string of the molecule is c1ccc(-c2nc(-c3cc4c(oc5cccc(-c6ccccc6)c54)c4ccccc34)nc3c2oc2ccccc23)cc1. The average Bonchev–Trinajstić information content (AvgIpc) is 3.63. The van der Waals surface area contributed by atoms with Gasteiger partial charge in [0.25, 0.3) is 0 Å². The van der Waals surface area contributed by atoms with Gasteiger partial charge in [0.15, 0.2) is 11.4 Å². The van der Waals surface area contributed by atoms with Crippen molar-refractivity contribution in [2.45, 2.75) is 0 Å². The fourth-order valence-electron chi connectivity index (χ4n) is 6.19. The van der Waals surface area contributed by atoms with E-state index in [1.807, 2.05) is 48.5 Å². The van der Waals surface area contributed by atoms with Crippen LogP contribution in [0.25, 0.3) is 88.6 Å². The van der Waals surface area contributed by atoms with Gasteiger partial charge in [-0.2, -0.15) is 0 Å². The molecule has 4 heteroatoms. The zero-order chi connectivity index (χ0) is 27.6. The van der Waals surface area contributed by atoms with E-state index in [0.29, 0.717) is 11.4 Å². The van der Waals surface area contributed by atoms with Gasteiger partial charge in [-0.1, -0.05) is 109 Å². The van der Waals surface area contributed by atoms with Gasteiger partial charge >= 0.3 is 0 Å². The lowest BCUT2D eigenvalue weighted by atomic mass is 9.95. The Hall–Kier alpha value is -5.74. The maximum Gasteiger partial charge on any atom is 0.180 e. The minimum absolute atomic E-state index is 0.651. The van der Waals surface area contributed by atoms with Crippen LogP contribution in [0.5, 0.6) is 0 Å². The Morgan fingerprint density at radius 2 is 1.07 bits per heavy atom. The topological polar surface area (TPSA) is 52.1 Å². The molecule has 0 saturated heterocycles. The van der Waals surface area contributed by atoms with E-state index in [1.165, 1.54) is 0 Å². The van der Waals surface area contributed by atoms with E-state index in [0.717, 1.165) is 77.1 Å². The van der Waals surface area contributed by atoms with Crippen molar-refractivity contribution in [1.29, 1.82) is 0 Å². The molecule has 3 aromatic heterocycles. The number of hydrogen-bond acceptors (Lipinski definition) is 4. The van der Waals surface area contributed by atoms with Crippen molar-refractivity contribution >= 4 is 54.8 Å². The molecule has 3 heterocycles. The molecule has 6 aromatic carbocycles. The van der Waals surface area contributed by atoms with Gasteiger partial charge in [0.1, 0.15) is 28.0 Å². The highest BCUT2D eigenvalue weighted by molar-refractivity contribution is 6.22. The molecule has 0 amide bonds. The van der Waals surface area contributed by atoms with Crippen molar-refractivity contribution in [3.63, 3.8) is 0 Å². The Labute approximate surface area is 240 Å². The molecule has 4 nitrogen and oxygen atoms in total. The molecule has 0 bridgehead atoms. The fraction of sp³-hybridized carbons (Fsp3) is 0. The Morgan fingerprint density at radius 1 is 0.429 bits per heavy atom. The zero-order valence-corrected chi connectivity index (χ0v) is 22.4. The maximum atomic E-state index is 6.57. The predicted molar refractivity (Wildman–Crippen MR) is 170 cm³/mol. The van der Waals surface area contributed by atoms with Crippen LogP contribution < -0.4 is 0 Å². The fourth-order valence-corrected chi connectivity index (χ4v) is 6.19. The number of nitrogens with zero attached hydrogens (tertiary/aromatic N) is 2. The normalized spacial score (nSPS) is 11.8. The van der Waals surface area contributed by atoms with Crippen molar-refractivity contribution in [2.24, 2.45) is 0 Å². The van der Waals surface area contributed by atoms with Gasteiger partial charge in [0.2, 0.25) is 0 Å². The molecular formula is C38H22N2O2. The first-order chi connectivity index (χ1) is 20.8. The van der Waals surface area contributed by atoms with Gasteiger partial charge in [-0.25, -0.2) is 9.97 Å². The number of fused-ring (bicyclic) bond motifs is 8.